The van der Waals surface area contributed by atoms with Gasteiger partial charge in [0.05, 0.1) is 5.75 Å². The molecule has 1 aromatic heterocycles. The van der Waals surface area contributed by atoms with Gasteiger partial charge in [0.1, 0.15) is 5.82 Å². The molecule has 0 unspecified atom stereocenters. The number of para-hydroxylation sites is 1. The molecule has 0 atom stereocenters. The van der Waals surface area contributed by atoms with Gasteiger partial charge in [0.25, 0.3) is 0 Å². The lowest BCUT2D eigenvalue weighted by molar-refractivity contribution is -0.113. The second-order valence-corrected chi connectivity index (χ2v) is 6.45. The Morgan fingerprint density at radius 3 is 2.82 bits per heavy atom. The fraction of sp³-hybridized carbons (Fsp3) is 0.438. The molecule has 1 aromatic carbocycles. The molecule has 116 valence electrons. The van der Waals surface area contributed by atoms with Crippen molar-refractivity contribution in [2.45, 2.75) is 44.3 Å². The minimum atomic E-state index is -0.0158. The van der Waals surface area contributed by atoms with E-state index in [1.807, 2.05) is 31.2 Å². The number of aryl methyl sites for hydroxylation is 1. The highest BCUT2D eigenvalue weighted by molar-refractivity contribution is 7.99. The van der Waals surface area contributed by atoms with Crippen molar-refractivity contribution >= 4 is 23.4 Å². The van der Waals surface area contributed by atoms with Crippen LogP contribution in [0, 0.1) is 6.92 Å². The Bertz CT molecular complexity index is 679. The second kappa shape index (κ2) is 6.52. The van der Waals surface area contributed by atoms with Gasteiger partial charge in [0.2, 0.25) is 5.91 Å². The number of carbonyl (C=O) groups excluding carboxylic acids is 1. The summed E-state index contributed by atoms with van der Waals surface area (Å²) >= 11 is 1.45. The van der Waals surface area contributed by atoms with Gasteiger partial charge in [-0.05, 0) is 38.3 Å². The van der Waals surface area contributed by atoms with Gasteiger partial charge >= 0.3 is 0 Å². The fourth-order valence-electron chi connectivity index (χ4n) is 2.38. The van der Waals surface area contributed by atoms with Crippen molar-refractivity contribution in [3.05, 3.63) is 35.7 Å². The molecule has 1 saturated carbocycles. The maximum atomic E-state index is 12.1. The van der Waals surface area contributed by atoms with Crippen LogP contribution in [0.3, 0.4) is 0 Å². The monoisotopic (exact) mass is 316 g/mol. The Labute approximate surface area is 134 Å². The third kappa shape index (κ3) is 3.32. The standard InChI is InChI=1S/C16H20N4OS/c1-3-20-15(12-8-9-12)18-19-16(20)22-10-14(21)17-13-7-5-4-6-11(13)2/h4-7,12H,3,8-10H2,1-2H3,(H,17,21). The van der Waals surface area contributed by atoms with E-state index in [1.54, 1.807) is 0 Å². The molecule has 22 heavy (non-hydrogen) atoms. The molecule has 1 fully saturated rings. The summed E-state index contributed by atoms with van der Waals surface area (Å²) in [7, 11) is 0. The SMILES string of the molecule is CCn1c(SCC(=O)Nc2ccccc2C)nnc1C1CC1. The molecule has 1 N–H and O–H groups in total. The maximum absolute atomic E-state index is 12.1. The molecule has 6 heteroatoms. The number of nitrogens with zero attached hydrogens (tertiary/aromatic N) is 3. The molecule has 1 aliphatic rings. The van der Waals surface area contributed by atoms with Gasteiger partial charge in [0, 0.05) is 18.2 Å². The van der Waals surface area contributed by atoms with Crippen molar-refractivity contribution in [1.29, 1.82) is 0 Å². The normalized spacial score (nSPS) is 14.1. The summed E-state index contributed by atoms with van der Waals surface area (Å²) in [5.41, 5.74) is 1.93. The molecular formula is C16H20N4OS. The van der Waals surface area contributed by atoms with E-state index in [4.69, 9.17) is 0 Å². The number of rotatable bonds is 6. The van der Waals surface area contributed by atoms with Crippen LogP contribution in [-0.4, -0.2) is 26.4 Å². The molecule has 2 aromatic rings. The van der Waals surface area contributed by atoms with Crippen molar-refractivity contribution in [3.63, 3.8) is 0 Å². The summed E-state index contributed by atoms with van der Waals surface area (Å²) in [6.07, 6.45) is 2.41. The van der Waals surface area contributed by atoms with E-state index in [2.05, 4.69) is 27.0 Å². The average Bonchev–Trinajstić information content (AvgIpc) is 3.27. The van der Waals surface area contributed by atoms with Gasteiger partial charge in [-0.25, -0.2) is 0 Å². The van der Waals surface area contributed by atoms with Crippen LogP contribution in [-0.2, 0) is 11.3 Å². The molecule has 0 aliphatic heterocycles. The summed E-state index contributed by atoms with van der Waals surface area (Å²) in [5.74, 6) is 1.97. The van der Waals surface area contributed by atoms with E-state index in [0.29, 0.717) is 11.7 Å². The Balaban J connectivity index is 1.60. The lowest BCUT2D eigenvalue weighted by atomic mass is 10.2. The number of hydrogen-bond acceptors (Lipinski definition) is 4. The van der Waals surface area contributed by atoms with Gasteiger partial charge in [-0.2, -0.15) is 0 Å². The lowest BCUT2D eigenvalue weighted by Gasteiger charge is -2.08. The summed E-state index contributed by atoms with van der Waals surface area (Å²) < 4.78 is 2.13. The first-order chi connectivity index (χ1) is 10.7. The molecule has 1 amide bonds. The van der Waals surface area contributed by atoms with E-state index >= 15 is 0 Å². The number of thioether (sulfide) groups is 1. The first-order valence-corrected chi connectivity index (χ1v) is 8.59. The molecule has 1 aliphatic carbocycles. The second-order valence-electron chi connectivity index (χ2n) is 5.51. The number of nitrogens with one attached hydrogen (secondary N) is 1. The Morgan fingerprint density at radius 2 is 2.14 bits per heavy atom. The van der Waals surface area contributed by atoms with Crippen molar-refractivity contribution < 1.29 is 4.79 Å². The predicted octanol–water partition coefficient (Wildman–Crippen LogP) is 3.21. The highest BCUT2D eigenvalue weighted by Crippen LogP contribution is 2.39. The number of benzene rings is 1. The summed E-state index contributed by atoms with van der Waals surface area (Å²) in [5, 5.41) is 12.3. The summed E-state index contributed by atoms with van der Waals surface area (Å²) in [4.78, 5) is 12.1. The highest BCUT2D eigenvalue weighted by Gasteiger charge is 2.30. The summed E-state index contributed by atoms with van der Waals surface area (Å²) in [6, 6.07) is 7.78. The third-order valence-electron chi connectivity index (χ3n) is 3.76. The van der Waals surface area contributed by atoms with E-state index in [9.17, 15) is 4.79 Å². The van der Waals surface area contributed by atoms with E-state index < -0.39 is 0 Å². The van der Waals surface area contributed by atoms with E-state index in [0.717, 1.165) is 28.8 Å². The number of amides is 1. The average molecular weight is 316 g/mol. The zero-order valence-corrected chi connectivity index (χ0v) is 13.7. The molecule has 0 radical (unpaired) electrons. The quantitative estimate of drug-likeness (QED) is 0.831. The van der Waals surface area contributed by atoms with Crippen LogP contribution in [0.1, 0.15) is 37.1 Å². The van der Waals surface area contributed by atoms with Gasteiger partial charge in [-0.1, -0.05) is 30.0 Å². The molecule has 1 heterocycles. The third-order valence-corrected chi connectivity index (χ3v) is 4.72. The first-order valence-electron chi connectivity index (χ1n) is 7.60. The maximum Gasteiger partial charge on any atom is 0.234 e. The largest absolute Gasteiger partial charge is 0.325 e. The predicted molar refractivity (Wildman–Crippen MR) is 88.2 cm³/mol. The Hall–Kier alpha value is -1.82. The topological polar surface area (TPSA) is 59.8 Å². The number of anilines is 1. The number of hydrogen-bond donors (Lipinski definition) is 1. The van der Waals surface area contributed by atoms with Crippen molar-refractivity contribution in [1.82, 2.24) is 14.8 Å². The van der Waals surface area contributed by atoms with Crippen LogP contribution in [0.5, 0.6) is 0 Å². The van der Waals surface area contributed by atoms with Crippen LogP contribution in [0.15, 0.2) is 29.4 Å². The van der Waals surface area contributed by atoms with Crippen LogP contribution < -0.4 is 5.32 Å². The number of carbonyl (C=O) groups is 1. The van der Waals surface area contributed by atoms with Gasteiger partial charge in [-0.3, -0.25) is 4.79 Å². The summed E-state index contributed by atoms with van der Waals surface area (Å²) in [6.45, 7) is 4.92. The Morgan fingerprint density at radius 1 is 1.36 bits per heavy atom. The smallest absolute Gasteiger partial charge is 0.234 e. The molecule has 3 rings (SSSR count). The number of aromatic nitrogens is 3. The minimum absolute atomic E-state index is 0.0158. The van der Waals surface area contributed by atoms with Crippen LogP contribution in [0.2, 0.25) is 0 Å². The zero-order valence-electron chi connectivity index (χ0n) is 12.9. The van der Waals surface area contributed by atoms with Gasteiger partial charge in [-0.15, -0.1) is 10.2 Å². The fourth-order valence-corrected chi connectivity index (χ4v) is 3.19. The van der Waals surface area contributed by atoms with Crippen LogP contribution >= 0.6 is 11.8 Å². The van der Waals surface area contributed by atoms with E-state index in [-0.39, 0.29) is 5.91 Å². The van der Waals surface area contributed by atoms with Crippen LogP contribution in [0.25, 0.3) is 0 Å². The van der Waals surface area contributed by atoms with Gasteiger partial charge < -0.3 is 9.88 Å². The zero-order chi connectivity index (χ0) is 15.5. The highest BCUT2D eigenvalue weighted by atomic mass is 32.2. The van der Waals surface area contributed by atoms with Crippen molar-refractivity contribution in [3.8, 4) is 0 Å². The first kappa shape index (κ1) is 15.1. The molecule has 0 saturated heterocycles. The minimum Gasteiger partial charge on any atom is -0.325 e. The van der Waals surface area contributed by atoms with E-state index in [1.165, 1.54) is 24.6 Å². The lowest BCUT2D eigenvalue weighted by Crippen LogP contribution is -2.15. The molecular weight excluding hydrogens is 296 g/mol. The molecule has 5 nitrogen and oxygen atoms in total. The van der Waals surface area contributed by atoms with Crippen molar-refractivity contribution in [2.24, 2.45) is 0 Å². The van der Waals surface area contributed by atoms with Gasteiger partial charge in [0.15, 0.2) is 5.16 Å². The molecule has 0 spiro atoms. The van der Waals surface area contributed by atoms with Crippen molar-refractivity contribution in [2.75, 3.05) is 11.1 Å². The Kier molecular flexibility index (Phi) is 4.47. The van der Waals surface area contributed by atoms with Crippen LogP contribution in [0.4, 0.5) is 5.69 Å². The molecule has 0 bridgehead atoms.